The third kappa shape index (κ3) is 3.72. The molecule has 4 aromatic heterocycles. The van der Waals surface area contributed by atoms with Crippen LogP contribution >= 0.6 is 34.4 Å². The second-order valence-corrected chi connectivity index (χ2v) is 9.99. The topological polar surface area (TPSA) is 69.3 Å². The lowest BCUT2D eigenvalue weighted by atomic mass is 10.2. The molecule has 9 heteroatoms. The number of hydrogen-bond acceptors (Lipinski definition) is 7. The van der Waals surface area contributed by atoms with Crippen molar-refractivity contribution >= 4 is 49.6 Å². The van der Waals surface area contributed by atoms with E-state index in [9.17, 15) is 9.59 Å². The molecule has 0 unspecified atom stereocenters. The number of fused-ring (bicyclic) bond motifs is 2. The van der Waals surface area contributed by atoms with Gasteiger partial charge in [0.2, 0.25) is 0 Å². The van der Waals surface area contributed by atoms with E-state index >= 15 is 0 Å². The van der Waals surface area contributed by atoms with Crippen LogP contribution in [0, 0.1) is 6.92 Å². The predicted octanol–water partition coefficient (Wildman–Crippen LogP) is 4.98. The highest BCUT2D eigenvalue weighted by atomic mass is 32.2. The Labute approximate surface area is 195 Å². The summed E-state index contributed by atoms with van der Waals surface area (Å²) in [4.78, 5) is 36.8. The van der Waals surface area contributed by atoms with E-state index < -0.39 is 0 Å². The molecule has 160 valence electrons. The number of thioether (sulfide) groups is 1. The number of allylic oxidation sites excluding steroid dienone is 1. The minimum Gasteiger partial charge on any atom is -0.282 e. The first-order valence-corrected chi connectivity index (χ1v) is 12.5. The van der Waals surface area contributed by atoms with Crippen molar-refractivity contribution in [3.05, 3.63) is 92.6 Å². The summed E-state index contributed by atoms with van der Waals surface area (Å²) in [6.07, 6.45) is 1.69. The minimum absolute atomic E-state index is 0.0815. The summed E-state index contributed by atoms with van der Waals surface area (Å²) < 4.78 is 3.86. The molecule has 5 aromatic rings. The summed E-state index contributed by atoms with van der Waals surface area (Å²) >= 11 is 4.29. The van der Waals surface area contributed by atoms with Crippen molar-refractivity contribution in [1.29, 1.82) is 0 Å². The van der Waals surface area contributed by atoms with Gasteiger partial charge in [0, 0.05) is 34.3 Å². The van der Waals surface area contributed by atoms with Gasteiger partial charge >= 0.3 is 0 Å². The van der Waals surface area contributed by atoms with Gasteiger partial charge in [-0.25, -0.2) is 9.97 Å². The lowest BCUT2D eigenvalue weighted by Gasteiger charge is -2.09. The molecule has 0 bridgehead atoms. The van der Waals surface area contributed by atoms with Gasteiger partial charge < -0.3 is 0 Å². The molecule has 0 amide bonds. The largest absolute Gasteiger partial charge is 0.282 e. The molecule has 0 N–H and O–H groups in total. The van der Waals surface area contributed by atoms with Crippen LogP contribution in [0.15, 0.2) is 75.2 Å². The average molecular weight is 479 g/mol. The summed E-state index contributed by atoms with van der Waals surface area (Å²) in [5.41, 5.74) is 3.10. The summed E-state index contributed by atoms with van der Waals surface area (Å²) in [5.74, 6) is 0.438. The van der Waals surface area contributed by atoms with Crippen molar-refractivity contribution in [3.8, 4) is 10.4 Å². The van der Waals surface area contributed by atoms with Crippen LogP contribution < -0.4 is 11.1 Å². The van der Waals surface area contributed by atoms with Crippen molar-refractivity contribution in [2.75, 3.05) is 0 Å². The number of benzene rings is 1. The molecule has 0 saturated carbocycles. The lowest BCUT2D eigenvalue weighted by Crippen LogP contribution is -2.22. The van der Waals surface area contributed by atoms with Gasteiger partial charge in [-0.05, 0) is 18.6 Å². The number of nitrogens with zero attached hydrogens (tertiary/aromatic N) is 4. The molecule has 4 heterocycles. The van der Waals surface area contributed by atoms with Gasteiger partial charge in [-0.1, -0.05) is 48.2 Å². The van der Waals surface area contributed by atoms with Crippen molar-refractivity contribution < 1.29 is 0 Å². The SMILES string of the molecule is C=CCn1c(SCc2cc(=O)n3c(C)csc3n2)nc2cc(-c3ccccc3)sc2c1=O. The van der Waals surface area contributed by atoms with Crippen LogP contribution in [0.25, 0.3) is 25.6 Å². The third-order valence-electron chi connectivity index (χ3n) is 4.95. The number of hydrogen-bond donors (Lipinski definition) is 0. The second kappa shape index (κ2) is 8.50. The Hall–Kier alpha value is -3.01. The number of rotatable bonds is 6. The molecule has 0 aliphatic carbocycles. The third-order valence-corrected chi connectivity index (χ3v) is 8.06. The van der Waals surface area contributed by atoms with Crippen molar-refractivity contribution in [1.82, 2.24) is 18.9 Å². The van der Waals surface area contributed by atoms with Crippen LogP contribution in [0.1, 0.15) is 11.4 Å². The normalized spacial score (nSPS) is 11.4. The first-order chi connectivity index (χ1) is 15.5. The molecular weight excluding hydrogens is 460 g/mol. The van der Waals surface area contributed by atoms with Gasteiger partial charge in [0.05, 0.1) is 11.2 Å². The van der Waals surface area contributed by atoms with Crippen LogP contribution in [0.3, 0.4) is 0 Å². The first-order valence-electron chi connectivity index (χ1n) is 9.85. The van der Waals surface area contributed by atoms with E-state index in [1.807, 2.05) is 48.7 Å². The summed E-state index contributed by atoms with van der Waals surface area (Å²) in [6, 6.07) is 13.5. The molecule has 5 rings (SSSR count). The molecule has 0 aliphatic heterocycles. The van der Waals surface area contributed by atoms with Gasteiger partial charge in [0.1, 0.15) is 4.70 Å². The van der Waals surface area contributed by atoms with E-state index in [4.69, 9.17) is 4.98 Å². The molecule has 0 saturated heterocycles. The zero-order chi connectivity index (χ0) is 22.2. The van der Waals surface area contributed by atoms with E-state index in [0.717, 1.165) is 16.1 Å². The van der Waals surface area contributed by atoms with Crippen LogP contribution in [0.2, 0.25) is 0 Å². The van der Waals surface area contributed by atoms with Gasteiger partial charge in [-0.15, -0.1) is 29.3 Å². The zero-order valence-electron chi connectivity index (χ0n) is 17.1. The molecule has 6 nitrogen and oxygen atoms in total. The van der Waals surface area contributed by atoms with E-state index in [-0.39, 0.29) is 11.1 Å². The standard InChI is InChI=1S/C23H18N4O2S3/c1-3-9-26-21(29)20-17(11-18(32-20)15-7-5-4-6-8-15)25-22(26)31-13-16-10-19(28)27-14(2)12-30-23(27)24-16/h3-8,10-12H,1,9,13H2,2H3. The van der Waals surface area contributed by atoms with Crippen molar-refractivity contribution in [2.45, 2.75) is 24.4 Å². The number of aromatic nitrogens is 4. The monoisotopic (exact) mass is 478 g/mol. The number of thiophene rings is 1. The van der Waals surface area contributed by atoms with Crippen LogP contribution in [-0.2, 0) is 12.3 Å². The predicted molar refractivity (Wildman–Crippen MR) is 133 cm³/mol. The average Bonchev–Trinajstić information content (AvgIpc) is 3.39. The maximum Gasteiger partial charge on any atom is 0.272 e. The molecule has 0 spiro atoms. The molecule has 0 aliphatic rings. The molecule has 0 atom stereocenters. The quantitative estimate of drug-likeness (QED) is 0.196. The maximum atomic E-state index is 13.2. The van der Waals surface area contributed by atoms with Gasteiger partial charge in [0.25, 0.3) is 11.1 Å². The Bertz CT molecular complexity index is 1580. The summed E-state index contributed by atoms with van der Waals surface area (Å²) in [6.45, 7) is 6.04. The minimum atomic E-state index is -0.0958. The van der Waals surface area contributed by atoms with E-state index in [1.54, 1.807) is 21.1 Å². The van der Waals surface area contributed by atoms with E-state index in [2.05, 4.69) is 11.6 Å². The Balaban J connectivity index is 1.54. The number of aryl methyl sites for hydroxylation is 1. The Kier molecular flexibility index (Phi) is 5.54. The highest BCUT2D eigenvalue weighted by Crippen LogP contribution is 2.32. The fourth-order valence-electron chi connectivity index (χ4n) is 3.45. The molecular formula is C23H18N4O2S3. The summed E-state index contributed by atoms with van der Waals surface area (Å²) in [5, 5.41) is 2.50. The fourth-order valence-corrected chi connectivity index (χ4v) is 6.29. The van der Waals surface area contributed by atoms with Gasteiger partial charge in [0.15, 0.2) is 10.1 Å². The Morgan fingerprint density at radius 1 is 1.16 bits per heavy atom. The first kappa shape index (κ1) is 20.9. The molecule has 0 radical (unpaired) electrons. The van der Waals surface area contributed by atoms with Gasteiger partial charge in [-0.3, -0.25) is 18.6 Å². The zero-order valence-corrected chi connectivity index (χ0v) is 19.6. The van der Waals surface area contributed by atoms with Crippen molar-refractivity contribution in [2.24, 2.45) is 0 Å². The van der Waals surface area contributed by atoms with Crippen LogP contribution in [0.5, 0.6) is 0 Å². The Morgan fingerprint density at radius 3 is 2.75 bits per heavy atom. The van der Waals surface area contributed by atoms with Crippen LogP contribution in [0.4, 0.5) is 0 Å². The maximum absolute atomic E-state index is 13.2. The fraction of sp³-hybridized carbons (Fsp3) is 0.130. The number of thiazole rings is 1. The van der Waals surface area contributed by atoms with E-state index in [0.29, 0.717) is 38.3 Å². The van der Waals surface area contributed by atoms with E-state index in [1.165, 1.54) is 34.4 Å². The van der Waals surface area contributed by atoms with Crippen LogP contribution in [-0.4, -0.2) is 18.9 Å². The smallest absolute Gasteiger partial charge is 0.272 e. The second-order valence-electron chi connectivity index (χ2n) is 7.16. The highest BCUT2D eigenvalue weighted by molar-refractivity contribution is 7.98. The highest BCUT2D eigenvalue weighted by Gasteiger charge is 2.16. The summed E-state index contributed by atoms with van der Waals surface area (Å²) in [7, 11) is 0. The lowest BCUT2D eigenvalue weighted by molar-refractivity contribution is 0.672. The van der Waals surface area contributed by atoms with Crippen molar-refractivity contribution in [3.63, 3.8) is 0 Å². The molecule has 32 heavy (non-hydrogen) atoms. The Morgan fingerprint density at radius 2 is 1.97 bits per heavy atom. The molecule has 0 fully saturated rings. The molecule has 1 aromatic carbocycles. The van der Waals surface area contributed by atoms with Gasteiger partial charge in [-0.2, -0.15) is 0 Å².